The summed E-state index contributed by atoms with van der Waals surface area (Å²) in [6.45, 7) is 9.47. The summed E-state index contributed by atoms with van der Waals surface area (Å²) >= 11 is 0. The first kappa shape index (κ1) is 20.4. The highest BCUT2D eigenvalue weighted by atomic mass is 16.2. The fourth-order valence-corrected chi connectivity index (χ4v) is 5.13. The minimum atomic E-state index is -0.452. The predicted molar refractivity (Wildman–Crippen MR) is 120 cm³/mol. The topological polar surface area (TPSA) is 84.7 Å². The summed E-state index contributed by atoms with van der Waals surface area (Å²) in [6.07, 6.45) is 3.31. The highest BCUT2D eigenvalue weighted by Crippen LogP contribution is 2.39. The van der Waals surface area contributed by atoms with E-state index in [0.29, 0.717) is 29.6 Å². The van der Waals surface area contributed by atoms with Gasteiger partial charge in [-0.1, -0.05) is 50.6 Å². The Kier molecular flexibility index (Phi) is 5.08. The zero-order valence-electron chi connectivity index (χ0n) is 18.5. The van der Waals surface area contributed by atoms with E-state index in [0.717, 1.165) is 24.0 Å². The molecule has 1 aromatic carbocycles. The molecular weight excluding hydrogens is 378 g/mol. The van der Waals surface area contributed by atoms with Crippen LogP contribution in [0.15, 0.2) is 33.9 Å². The Morgan fingerprint density at radius 1 is 1.27 bits per heavy atom. The third kappa shape index (κ3) is 3.93. The largest absolute Gasteiger partial charge is 0.353 e. The predicted octanol–water partition coefficient (Wildman–Crippen LogP) is 3.41. The molecule has 0 unspecified atom stereocenters. The number of H-pyrrole nitrogens is 1. The normalized spacial score (nSPS) is 21.1. The summed E-state index contributed by atoms with van der Waals surface area (Å²) in [6, 6.07) is 8.49. The van der Waals surface area contributed by atoms with Crippen molar-refractivity contribution in [2.75, 3.05) is 5.32 Å². The lowest BCUT2D eigenvalue weighted by molar-refractivity contribution is 0.177. The van der Waals surface area contributed by atoms with Crippen molar-refractivity contribution in [3.05, 3.63) is 56.2 Å². The van der Waals surface area contributed by atoms with Crippen molar-refractivity contribution in [2.45, 2.75) is 59.5 Å². The molecule has 0 radical (unpaired) electrons. The standard InChI is InChI=1S/C23H31N5O2/c1-14-7-6-8-16(9-14)13-28-18-19(27(5)22(30)26-20(18)29)25-21(28)24-17-10-15(2)11-23(3,4)12-17/h6-9,15,17H,10-13H2,1-5H3,(H,24,25)(H,26,29,30)/t15-,17-/m1/s1. The molecular formula is C23H31N5O2. The maximum Gasteiger partial charge on any atom is 0.329 e. The Balaban J connectivity index is 1.81. The maximum absolute atomic E-state index is 12.7. The lowest BCUT2D eigenvalue weighted by Crippen LogP contribution is -2.36. The molecule has 0 bridgehead atoms. The van der Waals surface area contributed by atoms with Crippen LogP contribution in [0, 0.1) is 18.3 Å². The number of benzene rings is 1. The minimum absolute atomic E-state index is 0.257. The van der Waals surface area contributed by atoms with Gasteiger partial charge in [0.2, 0.25) is 5.95 Å². The molecule has 30 heavy (non-hydrogen) atoms. The van der Waals surface area contributed by atoms with E-state index in [1.807, 2.05) is 16.7 Å². The van der Waals surface area contributed by atoms with Crippen LogP contribution in [0.5, 0.6) is 0 Å². The van der Waals surface area contributed by atoms with Gasteiger partial charge in [0.1, 0.15) is 0 Å². The van der Waals surface area contributed by atoms with E-state index in [1.54, 1.807) is 7.05 Å². The molecule has 7 nitrogen and oxygen atoms in total. The third-order valence-electron chi connectivity index (χ3n) is 6.15. The van der Waals surface area contributed by atoms with Crippen molar-refractivity contribution in [1.29, 1.82) is 0 Å². The van der Waals surface area contributed by atoms with Gasteiger partial charge in [-0.2, -0.15) is 4.98 Å². The van der Waals surface area contributed by atoms with Crippen molar-refractivity contribution in [2.24, 2.45) is 18.4 Å². The molecule has 1 aliphatic carbocycles. The second kappa shape index (κ2) is 7.45. The number of aromatic amines is 1. The molecule has 2 aromatic heterocycles. The summed E-state index contributed by atoms with van der Waals surface area (Å²) in [4.78, 5) is 32.0. The molecule has 2 N–H and O–H groups in total. The number of anilines is 1. The summed E-state index contributed by atoms with van der Waals surface area (Å²) in [5, 5.41) is 3.62. The molecule has 3 aromatic rings. The molecule has 0 aliphatic heterocycles. The van der Waals surface area contributed by atoms with Gasteiger partial charge in [-0.25, -0.2) is 4.79 Å². The lowest BCUT2D eigenvalue weighted by Gasteiger charge is -2.39. The number of rotatable bonds is 4. The molecule has 160 valence electrons. The van der Waals surface area contributed by atoms with Crippen molar-refractivity contribution in [3.63, 3.8) is 0 Å². The fourth-order valence-electron chi connectivity index (χ4n) is 5.13. The van der Waals surface area contributed by atoms with E-state index in [1.165, 1.54) is 11.0 Å². The van der Waals surface area contributed by atoms with Crippen LogP contribution in [0.3, 0.4) is 0 Å². The van der Waals surface area contributed by atoms with Crippen LogP contribution in [0.4, 0.5) is 5.95 Å². The van der Waals surface area contributed by atoms with Gasteiger partial charge in [0.05, 0.1) is 6.54 Å². The van der Waals surface area contributed by atoms with Crippen molar-refractivity contribution >= 4 is 17.1 Å². The average molecular weight is 410 g/mol. The Bertz CT molecular complexity index is 1200. The van der Waals surface area contributed by atoms with Gasteiger partial charge in [0.15, 0.2) is 11.2 Å². The lowest BCUT2D eigenvalue weighted by atomic mass is 9.71. The minimum Gasteiger partial charge on any atom is -0.353 e. The molecule has 1 fully saturated rings. The van der Waals surface area contributed by atoms with Gasteiger partial charge in [-0.3, -0.25) is 18.9 Å². The Labute approximate surface area is 176 Å². The van der Waals surface area contributed by atoms with E-state index in [4.69, 9.17) is 4.98 Å². The zero-order chi connectivity index (χ0) is 21.6. The Morgan fingerprint density at radius 3 is 2.73 bits per heavy atom. The number of fused-ring (bicyclic) bond motifs is 1. The number of nitrogens with zero attached hydrogens (tertiary/aromatic N) is 3. The van der Waals surface area contributed by atoms with E-state index in [2.05, 4.69) is 50.1 Å². The Morgan fingerprint density at radius 2 is 2.03 bits per heavy atom. The fraction of sp³-hybridized carbons (Fsp3) is 0.522. The van der Waals surface area contributed by atoms with Gasteiger partial charge >= 0.3 is 5.69 Å². The van der Waals surface area contributed by atoms with Crippen LogP contribution in [0.25, 0.3) is 11.2 Å². The molecule has 0 spiro atoms. The second-order valence-electron chi connectivity index (χ2n) is 9.76. The number of aromatic nitrogens is 4. The summed E-state index contributed by atoms with van der Waals surface area (Å²) in [7, 11) is 1.64. The molecule has 0 amide bonds. The first-order valence-electron chi connectivity index (χ1n) is 10.6. The highest BCUT2D eigenvalue weighted by molar-refractivity contribution is 5.74. The van der Waals surface area contributed by atoms with Crippen LogP contribution in [-0.2, 0) is 13.6 Å². The quantitative estimate of drug-likeness (QED) is 0.692. The zero-order valence-corrected chi connectivity index (χ0v) is 18.5. The SMILES string of the molecule is Cc1cccc(Cn2c(N[C@@H]3C[C@@H](C)CC(C)(C)C3)nc3c2c(=O)[nH]c(=O)n3C)c1. The molecule has 2 heterocycles. The summed E-state index contributed by atoms with van der Waals surface area (Å²) in [5.74, 6) is 1.27. The van der Waals surface area contributed by atoms with Crippen molar-refractivity contribution in [1.82, 2.24) is 19.1 Å². The van der Waals surface area contributed by atoms with Crippen LogP contribution in [-0.4, -0.2) is 25.1 Å². The van der Waals surface area contributed by atoms with E-state index >= 15 is 0 Å². The van der Waals surface area contributed by atoms with Gasteiger partial charge in [0, 0.05) is 13.1 Å². The molecule has 7 heteroatoms. The first-order chi connectivity index (χ1) is 14.1. The van der Waals surface area contributed by atoms with Crippen molar-refractivity contribution < 1.29 is 0 Å². The van der Waals surface area contributed by atoms with E-state index in [-0.39, 0.29) is 11.5 Å². The van der Waals surface area contributed by atoms with E-state index < -0.39 is 11.2 Å². The monoisotopic (exact) mass is 409 g/mol. The number of hydrogen-bond acceptors (Lipinski definition) is 4. The molecule has 4 rings (SSSR count). The number of aryl methyl sites for hydroxylation is 2. The number of imidazole rings is 1. The van der Waals surface area contributed by atoms with Crippen molar-refractivity contribution in [3.8, 4) is 0 Å². The first-order valence-corrected chi connectivity index (χ1v) is 10.6. The maximum atomic E-state index is 12.7. The summed E-state index contributed by atoms with van der Waals surface area (Å²) in [5.41, 5.74) is 2.47. The smallest absolute Gasteiger partial charge is 0.329 e. The van der Waals surface area contributed by atoms with Crippen LogP contribution in [0.2, 0.25) is 0 Å². The Hall–Kier alpha value is -2.83. The van der Waals surface area contributed by atoms with Gasteiger partial charge < -0.3 is 5.32 Å². The van der Waals surface area contributed by atoms with E-state index in [9.17, 15) is 9.59 Å². The van der Waals surface area contributed by atoms with Gasteiger partial charge in [-0.15, -0.1) is 0 Å². The summed E-state index contributed by atoms with van der Waals surface area (Å²) < 4.78 is 3.32. The molecule has 1 saturated carbocycles. The number of hydrogen-bond donors (Lipinski definition) is 2. The second-order valence-corrected chi connectivity index (χ2v) is 9.76. The highest BCUT2D eigenvalue weighted by Gasteiger charge is 2.33. The van der Waals surface area contributed by atoms with Crippen LogP contribution < -0.4 is 16.6 Å². The van der Waals surface area contributed by atoms with Gasteiger partial charge in [0.25, 0.3) is 5.56 Å². The molecule has 2 atom stereocenters. The number of nitrogens with one attached hydrogen (secondary N) is 2. The third-order valence-corrected chi connectivity index (χ3v) is 6.15. The average Bonchev–Trinajstić information content (AvgIpc) is 2.97. The van der Waals surface area contributed by atoms with Crippen LogP contribution in [0.1, 0.15) is 51.2 Å². The molecule has 1 aliphatic rings. The molecule has 0 saturated heterocycles. The van der Waals surface area contributed by atoms with Crippen LogP contribution >= 0.6 is 0 Å². The van der Waals surface area contributed by atoms with Gasteiger partial charge in [-0.05, 0) is 43.1 Å².